The second kappa shape index (κ2) is 9.49. The van der Waals surface area contributed by atoms with Gasteiger partial charge in [-0.05, 0) is 27.8 Å². The van der Waals surface area contributed by atoms with Gasteiger partial charge in [-0.2, -0.15) is 0 Å². The summed E-state index contributed by atoms with van der Waals surface area (Å²) in [6, 6.07) is 47.8. The first-order valence-electron chi connectivity index (χ1n) is 12.6. The highest BCUT2D eigenvalue weighted by Crippen LogP contribution is 2.48. The number of rotatable bonds is 6. The summed E-state index contributed by atoms with van der Waals surface area (Å²) < 4.78 is 0. The number of hydrogen-bond acceptors (Lipinski definition) is 2. The summed E-state index contributed by atoms with van der Waals surface area (Å²) in [4.78, 5) is 30.8. The third-order valence-electron chi connectivity index (χ3n) is 7.35. The van der Waals surface area contributed by atoms with E-state index < -0.39 is 17.1 Å². The van der Waals surface area contributed by atoms with Crippen LogP contribution in [-0.2, 0) is 15.9 Å². The molecule has 1 fully saturated rings. The van der Waals surface area contributed by atoms with Crippen LogP contribution in [0.5, 0.6) is 0 Å². The topological polar surface area (TPSA) is 49.4 Å². The number of nitrogens with one attached hydrogen (secondary N) is 1. The maximum Gasteiger partial charge on any atom is 0.326 e. The van der Waals surface area contributed by atoms with Gasteiger partial charge in [-0.25, -0.2) is 9.69 Å². The molecule has 0 radical (unpaired) electrons. The Morgan fingerprint density at radius 2 is 0.789 bits per heavy atom. The van der Waals surface area contributed by atoms with E-state index in [1.807, 2.05) is 152 Å². The second-order valence-corrected chi connectivity index (χ2v) is 9.36. The van der Waals surface area contributed by atoms with Crippen LogP contribution in [0, 0.1) is 0 Å². The van der Waals surface area contributed by atoms with E-state index >= 15 is 4.79 Å². The minimum atomic E-state index is -1.39. The molecule has 0 unspecified atom stereocenters. The van der Waals surface area contributed by atoms with Crippen LogP contribution in [0.3, 0.4) is 0 Å². The monoisotopic (exact) mass is 494 g/mol. The van der Waals surface area contributed by atoms with Crippen LogP contribution in [0.15, 0.2) is 152 Å². The van der Waals surface area contributed by atoms with Crippen LogP contribution in [0.25, 0.3) is 0 Å². The van der Waals surface area contributed by atoms with E-state index in [4.69, 9.17) is 0 Å². The first kappa shape index (κ1) is 23.4. The highest BCUT2D eigenvalue weighted by atomic mass is 16.2. The van der Waals surface area contributed by atoms with Gasteiger partial charge >= 0.3 is 6.03 Å². The summed E-state index contributed by atoms with van der Waals surface area (Å²) in [5.41, 5.74) is 1.26. The Bertz CT molecular complexity index is 1420. The van der Waals surface area contributed by atoms with Crippen molar-refractivity contribution >= 4 is 11.9 Å². The lowest BCUT2D eigenvalue weighted by atomic mass is 9.74. The molecule has 1 aliphatic heterocycles. The first-order valence-corrected chi connectivity index (χ1v) is 12.6. The van der Waals surface area contributed by atoms with Crippen LogP contribution < -0.4 is 5.32 Å². The lowest BCUT2D eigenvalue weighted by Gasteiger charge is -2.42. The minimum Gasteiger partial charge on any atom is -0.315 e. The zero-order chi connectivity index (χ0) is 26.0. The molecule has 1 heterocycles. The molecule has 1 N–H and O–H groups in total. The number of carbonyl (C=O) groups excluding carboxylic acids is 2. The smallest absolute Gasteiger partial charge is 0.315 e. The van der Waals surface area contributed by atoms with Crippen LogP contribution in [0.4, 0.5) is 4.79 Å². The van der Waals surface area contributed by atoms with Crippen molar-refractivity contribution in [2.75, 3.05) is 0 Å². The molecular weight excluding hydrogens is 468 g/mol. The molecule has 0 bridgehead atoms. The number of imide groups is 1. The molecule has 3 amide bonds. The van der Waals surface area contributed by atoms with Gasteiger partial charge in [-0.3, -0.25) is 4.79 Å². The molecule has 0 saturated carbocycles. The van der Waals surface area contributed by atoms with Crippen LogP contribution in [0.1, 0.15) is 27.8 Å². The molecular formula is C34H26N2O2. The first-order chi connectivity index (χ1) is 18.7. The third kappa shape index (κ3) is 3.46. The molecule has 4 nitrogen and oxygen atoms in total. The van der Waals surface area contributed by atoms with E-state index in [2.05, 4.69) is 5.32 Å². The Hall–Kier alpha value is -4.96. The van der Waals surface area contributed by atoms with E-state index in [0.29, 0.717) is 11.1 Å². The quantitative estimate of drug-likeness (QED) is 0.217. The van der Waals surface area contributed by atoms with Crippen LogP contribution >= 0.6 is 0 Å². The lowest BCUT2D eigenvalue weighted by Crippen LogP contribution is -2.53. The van der Waals surface area contributed by atoms with E-state index in [-0.39, 0.29) is 5.91 Å². The SMILES string of the molecule is O=C1NC(c2ccccc2)(c2ccccc2)C(=O)N1C(c1ccccc1)(c1ccccc1)c1ccccc1. The van der Waals surface area contributed by atoms with Gasteiger partial charge in [0.05, 0.1) is 0 Å². The van der Waals surface area contributed by atoms with Crippen molar-refractivity contribution in [3.63, 3.8) is 0 Å². The maximum atomic E-state index is 15.0. The molecule has 1 aliphatic rings. The Kier molecular flexibility index (Phi) is 5.85. The standard InChI is InChI=1S/C34H26N2O2/c37-31-33(26-16-6-1-7-17-26,27-18-8-2-9-19-27)35-32(38)36(31)34(28-20-10-3-11-21-28,29-22-12-4-13-23-29)30-24-14-5-15-25-30/h1-25H,(H,35,38). The fraction of sp³-hybridized carbons (Fsp3) is 0.0588. The fourth-order valence-electron chi connectivity index (χ4n) is 5.69. The highest BCUT2D eigenvalue weighted by Gasteiger charge is 2.61. The van der Waals surface area contributed by atoms with Crippen molar-refractivity contribution in [2.24, 2.45) is 0 Å². The molecule has 0 aliphatic carbocycles. The van der Waals surface area contributed by atoms with Crippen molar-refractivity contribution < 1.29 is 9.59 Å². The number of nitrogens with zero attached hydrogens (tertiary/aromatic N) is 1. The average Bonchev–Trinajstić information content (AvgIpc) is 3.27. The van der Waals surface area contributed by atoms with Gasteiger partial charge in [-0.1, -0.05) is 152 Å². The zero-order valence-electron chi connectivity index (χ0n) is 20.7. The molecule has 0 aromatic heterocycles. The number of hydrogen-bond donors (Lipinski definition) is 1. The third-order valence-corrected chi connectivity index (χ3v) is 7.35. The van der Waals surface area contributed by atoms with Crippen molar-refractivity contribution in [3.05, 3.63) is 179 Å². The summed E-state index contributed by atoms with van der Waals surface area (Å²) in [5.74, 6) is -0.337. The van der Waals surface area contributed by atoms with Gasteiger partial charge in [0.1, 0.15) is 5.54 Å². The lowest BCUT2D eigenvalue weighted by molar-refractivity contribution is -0.133. The van der Waals surface area contributed by atoms with Crippen molar-refractivity contribution in [2.45, 2.75) is 11.1 Å². The summed E-state index contributed by atoms with van der Waals surface area (Å²) >= 11 is 0. The summed E-state index contributed by atoms with van der Waals surface area (Å²) in [7, 11) is 0. The zero-order valence-corrected chi connectivity index (χ0v) is 20.7. The molecule has 0 spiro atoms. The molecule has 5 aromatic carbocycles. The second-order valence-electron chi connectivity index (χ2n) is 9.36. The van der Waals surface area contributed by atoms with Crippen LogP contribution in [0.2, 0.25) is 0 Å². The average molecular weight is 495 g/mol. The van der Waals surface area contributed by atoms with Crippen molar-refractivity contribution in [3.8, 4) is 0 Å². The number of amides is 3. The molecule has 1 saturated heterocycles. The van der Waals surface area contributed by atoms with Crippen molar-refractivity contribution in [1.82, 2.24) is 10.2 Å². The number of urea groups is 1. The van der Waals surface area contributed by atoms with E-state index in [0.717, 1.165) is 16.7 Å². The van der Waals surface area contributed by atoms with Gasteiger partial charge < -0.3 is 5.32 Å². The highest BCUT2D eigenvalue weighted by molar-refractivity contribution is 6.11. The van der Waals surface area contributed by atoms with Crippen LogP contribution in [-0.4, -0.2) is 16.8 Å². The maximum absolute atomic E-state index is 15.0. The van der Waals surface area contributed by atoms with Gasteiger partial charge in [-0.15, -0.1) is 0 Å². The van der Waals surface area contributed by atoms with Crippen molar-refractivity contribution in [1.29, 1.82) is 0 Å². The molecule has 38 heavy (non-hydrogen) atoms. The largest absolute Gasteiger partial charge is 0.326 e. The molecule has 5 aromatic rings. The van der Waals surface area contributed by atoms with Gasteiger partial charge in [0.25, 0.3) is 5.91 Å². The Morgan fingerprint density at radius 3 is 1.13 bits per heavy atom. The van der Waals surface area contributed by atoms with E-state index in [9.17, 15) is 4.79 Å². The Balaban J connectivity index is 1.69. The van der Waals surface area contributed by atoms with E-state index in [1.165, 1.54) is 4.90 Å². The predicted molar refractivity (Wildman–Crippen MR) is 148 cm³/mol. The predicted octanol–water partition coefficient (Wildman–Crippen LogP) is 6.47. The summed E-state index contributed by atoms with van der Waals surface area (Å²) in [5, 5.41) is 3.15. The number of carbonyl (C=O) groups is 2. The summed E-state index contributed by atoms with van der Waals surface area (Å²) in [6.07, 6.45) is 0. The molecule has 4 heteroatoms. The molecule has 0 atom stereocenters. The van der Waals surface area contributed by atoms with Gasteiger partial charge in [0.15, 0.2) is 5.54 Å². The Labute approximate surface area is 222 Å². The Morgan fingerprint density at radius 1 is 0.474 bits per heavy atom. The fourth-order valence-corrected chi connectivity index (χ4v) is 5.69. The molecule has 6 rings (SSSR count). The summed E-state index contributed by atoms with van der Waals surface area (Å²) in [6.45, 7) is 0. The van der Waals surface area contributed by atoms with Gasteiger partial charge in [0.2, 0.25) is 0 Å². The number of benzene rings is 5. The normalized spacial score (nSPS) is 14.8. The van der Waals surface area contributed by atoms with Gasteiger partial charge in [0, 0.05) is 0 Å². The minimum absolute atomic E-state index is 0.337. The molecule has 184 valence electrons. The van der Waals surface area contributed by atoms with E-state index in [1.54, 1.807) is 0 Å².